The Morgan fingerprint density at radius 1 is 1.21 bits per heavy atom. The fourth-order valence-electron chi connectivity index (χ4n) is 3.08. The maximum absolute atomic E-state index is 12.2. The molecule has 0 unspecified atom stereocenters. The van der Waals surface area contributed by atoms with Crippen LogP contribution in [0.25, 0.3) is 0 Å². The summed E-state index contributed by atoms with van der Waals surface area (Å²) in [5, 5.41) is 2.96. The third-order valence-corrected chi connectivity index (χ3v) is 4.58. The predicted molar refractivity (Wildman–Crippen MR) is 94.1 cm³/mol. The van der Waals surface area contributed by atoms with Gasteiger partial charge < -0.3 is 15.0 Å². The van der Waals surface area contributed by atoms with Crippen LogP contribution < -0.4 is 10.2 Å². The van der Waals surface area contributed by atoms with Gasteiger partial charge in [0.2, 0.25) is 0 Å². The van der Waals surface area contributed by atoms with Crippen LogP contribution in [0.3, 0.4) is 0 Å². The third-order valence-electron chi connectivity index (χ3n) is 4.58. The Bertz CT molecular complexity index is 546. The van der Waals surface area contributed by atoms with Crippen molar-refractivity contribution in [1.29, 1.82) is 0 Å². The summed E-state index contributed by atoms with van der Waals surface area (Å²) in [6.07, 6.45) is 1.59. The first-order chi connectivity index (χ1) is 11.5. The van der Waals surface area contributed by atoms with Crippen molar-refractivity contribution in [1.82, 2.24) is 0 Å². The van der Waals surface area contributed by atoms with Crippen molar-refractivity contribution in [2.45, 2.75) is 39.5 Å². The topological polar surface area (TPSA) is 59.8 Å². The number of esters is 1. The van der Waals surface area contributed by atoms with Gasteiger partial charge in [0.1, 0.15) is 0 Å². The van der Waals surface area contributed by atoms with Crippen molar-refractivity contribution in [3.8, 4) is 0 Å². The molecule has 132 valence electrons. The number of anilines is 1. The predicted octanol–water partition coefficient (Wildman–Crippen LogP) is 1.61. The molecule has 1 aromatic rings. The number of benzene rings is 1. The minimum Gasteiger partial charge on any atom is -0.466 e. The molecule has 2 N–H and O–H groups in total. The Balaban J connectivity index is 1.76. The van der Waals surface area contributed by atoms with Gasteiger partial charge in [-0.15, -0.1) is 0 Å². The number of quaternary nitrogens is 1. The van der Waals surface area contributed by atoms with Crippen molar-refractivity contribution in [2.24, 2.45) is 5.92 Å². The third kappa shape index (κ3) is 5.34. The molecule has 1 saturated heterocycles. The zero-order valence-corrected chi connectivity index (χ0v) is 14.9. The Hall–Kier alpha value is -1.88. The highest BCUT2D eigenvalue weighted by molar-refractivity contribution is 5.91. The number of piperidine rings is 1. The lowest BCUT2D eigenvalue weighted by atomic mass is 9.97. The fraction of sp³-hybridized carbons (Fsp3) is 0.579. The van der Waals surface area contributed by atoms with Crippen LogP contribution in [0.2, 0.25) is 0 Å². The second-order valence-electron chi connectivity index (χ2n) is 6.78. The highest BCUT2D eigenvalue weighted by atomic mass is 16.5. The first-order valence-electron chi connectivity index (χ1n) is 8.89. The van der Waals surface area contributed by atoms with E-state index in [-0.39, 0.29) is 17.8 Å². The van der Waals surface area contributed by atoms with Gasteiger partial charge in [0.15, 0.2) is 6.54 Å². The van der Waals surface area contributed by atoms with Crippen LogP contribution in [0.5, 0.6) is 0 Å². The van der Waals surface area contributed by atoms with Crippen LogP contribution in [-0.4, -0.2) is 38.1 Å². The van der Waals surface area contributed by atoms with Gasteiger partial charge >= 0.3 is 5.97 Å². The SMILES string of the molecule is CCOC(=O)C1CC[NH+](CC(=O)Nc2ccc(C(C)C)cc2)CC1. The molecule has 5 heteroatoms. The monoisotopic (exact) mass is 333 g/mol. The molecule has 0 saturated carbocycles. The van der Waals surface area contributed by atoms with Gasteiger partial charge in [0, 0.05) is 18.5 Å². The Morgan fingerprint density at radius 2 is 1.83 bits per heavy atom. The highest BCUT2D eigenvalue weighted by Gasteiger charge is 2.29. The number of hydrogen-bond acceptors (Lipinski definition) is 3. The molecule has 0 aromatic heterocycles. The molecule has 0 radical (unpaired) electrons. The van der Waals surface area contributed by atoms with E-state index in [1.807, 2.05) is 19.1 Å². The minimum atomic E-state index is -0.0914. The van der Waals surface area contributed by atoms with Crippen molar-refractivity contribution in [2.75, 3.05) is 31.6 Å². The number of nitrogens with one attached hydrogen (secondary N) is 2. The maximum atomic E-state index is 12.2. The average molecular weight is 333 g/mol. The largest absolute Gasteiger partial charge is 0.466 e. The molecular formula is C19H29N2O3+. The summed E-state index contributed by atoms with van der Waals surface area (Å²) < 4.78 is 5.08. The molecule has 0 spiro atoms. The van der Waals surface area contributed by atoms with Crippen LogP contribution in [0.4, 0.5) is 5.69 Å². The van der Waals surface area contributed by atoms with Gasteiger partial charge in [-0.05, 0) is 30.5 Å². The number of ether oxygens (including phenoxy) is 1. The van der Waals surface area contributed by atoms with Crippen molar-refractivity contribution in [3.63, 3.8) is 0 Å². The molecule has 0 atom stereocenters. The summed E-state index contributed by atoms with van der Waals surface area (Å²) in [4.78, 5) is 25.2. The summed E-state index contributed by atoms with van der Waals surface area (Å²) >= 11 is 0. The van der Waals surface area contributed by atoms with Crippen LogP contribution in [0.1, 0.15) is 45.1 Å². The summed E-state index contributed by atoms with van der Waals surface area (Å²) in [6.45, 7) is 8.68. The molecular weight excluding hydrogens is 304 g/mol. The van der Waals surface area contributed by atoms with E-state index in [2.05, 4.69) is 31.3 Å². The maximum Gasteiger partial charge on any atom is 0.309 e. The van der Waals surface area contributed by atoms with Gasteiger partial charge in [-0.2, -0.15) is 0 Å². The fourth-order valence-corrected chi connectivity index (χ4v) is 3.08. The molecule has 1 aliphatic rings. The lowest BCUT2D eigenvalue weighted by molar-refractivity contribution is -0.897. The number of carbonyl (C=O) groups is 2. The molecule has 1 fully saturated rings. The molecule has 2 rings (SSSR count). The highest BCUT2D eigenvalue weighted by Crippen LogP contribution is 2.17. The van der Waals surface area contributed by atoms with E-state index in [0.29, 0.717) is 19.1 Å². The Morgan fingerprint density at radius 3 is 2.38 bits per heavy atom. The normalized spacial score (nSPS) is 20.7. The molecule has 1 aliphatic heterocycles. The van der Waals surface area contributed by atoms with Crippen LogP contribution >= 0.6 is 0 Å². The van der Waals surface area contributed by atoms with E-state index in [4.69, 9.17) is 4.74 Å². The van der Waals surface area contributed by atoms with Gasteiger partial charge in [0.25, 0.3) is 5.91 Å². The summed E-state index contributed by atoms with van der Waals surface area (Å²) in [5.74, 6) is 0.420. The van der Waals surface area contributed by atoms with Gasteiger partial charge in [-0.1, -0.05) is 26.0 Å². The van der Waals surface area contributed by atoms with E-state index < -0.39 is 0 Å². The van der Waals surface area contributed by atoms with E-state index in [1.54, 1.807) is 0 Å². The number of amides is 1. The van der Waals surface area contributed by atoms with Gasteiger partial charge in [-0.3, -0.25) is 9.59 Å². The summed E-state index contributed by atoms with van der Waals surface area (Å²) in [5.41, 5.74) is 2.10. The molecule has 1 amide bonds. The Kier molecular flexibility index (Phi) is 6.79. The first kappa shape index (κ1) is 18.5. The molecule has 5 nitrogen and oxygen atoms in total. The summed E-state index contributed by atoms with van der Waals surface area (Å²) in [7, 11) is 0. The van der Waals surface area contributed by atoms with Crippen molar-refractivity contribution < 1.29 is 19.2 Å². The Labute approximate surface area is 144 Å². The zero-order chi connectivity index (χ0) is 17.5. The standard InChI is InChI=1S/C19H28N2O3/c1-4-24-19(23)16-9-11-21(12-10-16)13-18(22)20-17-7-5-15(6-8-17)14(2)3/h5-8,14,16H,4,9-13H2,1-3H3,(H,20,22)/p+1. The lowest BCUT2D eigenvalue weighted by Crippen LogP contribution is -3.14. The minimum absolute atomic E-state index is 0.000314. The molecule has 1 heterocycles. The lowest BCUT2D eigenvalue weighted by Gasteiger charge is -2.27. The summed E-state index contributed by atoms with van der Waals surface area (Å²) in [6, 6.07) is 8.01. The van der Waals surface area contributed by atoms with Crippen molar-refractivity contribution in [3.05, 3.63) is 29.8 Å². The van der Waals surface area contributed by atoms with E-state index >= 15 is 0 Å². The molecule has 0 aliphatic carbocycles. The number of likely N-dealkylation sites (tertiary alicyclic amines) is 1. The van der Waals surface area contributed by atoms with Crippen LogP contribution in [-0.2, 0) is 14.3 Å². The number of rotatable bonds is 6. The molecule has 24 heavy (non-hydrogen) atoms. The molecule has 1 aromatic carbocycles. The van der Waals surface area contributed by atoms with Gasteiger partial charge in [-0.25, -0.2) is 0 Å². The van der Waals surface area contributed by atoms with Crippen molar-refractivity contribution >= 4 is 17.6 Å². The van der Waals surface area contributed by atoms with Crippen LogP contribution in [0, 0.1) is 5.92 Å². The van der Waals surface area contributed by atoms with E-state index in [1.165, 1.54) is 10.5 Å². The average Bonchev–Trinajstić information content (AvgIpc) is 2.56. The smallest absolute Gasteiger partial charge is 0.309 e. The second-order valence-corrected chi connectivity index (χ2v) is 6.78. The van der Waals surface area contributed by atoms with E-state index in [0.717, 1.165) is 31.6 Å². The quantitative estimate of drug-likeness (QED) is 0.778. The first-order valence-corrected chi connectivity index (χ1v) is 8.89. The zero-order valence-electron chi connectivity index (χ0n) is 14.9. The van der Waals surface area contributed by atoms with Gasteiger partial charge in [0.05, 0.1) is 25.6 Å². The second kappa shape index (κ2) is 8.83. The van der Waals surface area contributed by atoms with E-state index in [9.17, 15) is 9.59 Å². The number of hydrogen-bond donors (Lipinski definition) is 2. The molecule has 0 bridgehead atoms. The number of carbonyl (C=O) groups excluding carboxylic acids is 2. The van der Waals surface area contributed by atoms with Crippen LogP contribution in [0.15, 0.2) is 24.3 Å².